The molecule has 1 fully saturated rings. The van der Waals surface area contributed by atoms with Crippen LogP contribution in [0.5, 0.6) is 0 Å². The van der Waals surface area contributed by atoms with Crippen molar-refractivity contribution >= 4 is 23.2 Å². The average Bonchev–Trinajstić information content (AvgIpc) is 3.07. The Labute approximate surface area is 197 Å². The molecule has 33 heavy (non-hydrogen) atoms. The maximum absolute atomic E-state index is 13.1. The van der Waals surface area contributed by atoms with Crippen molar-refractivity contribution in [2.45, 2.75) is 26.9 Å². The summed E-state index contributed by atoms with van der Waals surface area (Å²) in [5.41, 5.74) is 3.59. The molecule has 4 rings (SSSR count). The number of nitrogens with zero attached hydrogens (tertiary/aromatic N) is 5. The van der Waals surface area contributed by atoms with Gasteiger partial charge in [0.25, 0.3) is 5.91 Å². The van der Waals surface area contributed by atoms with E-state index < -0.39 is 4.92 Å². The highest BCUT2D eigenvalue weighted by Gasteiger charge is 2.24. The van der Waals surface area contributed by atoms with Crippen molar-refractivity contribution in [2.24, 2.45) is 0 Å². The molecular weight excluding hydrogens is 442 g/mol. The van der Waals surface area contributed by atoms with Crippen molar-refractivity contribution in [2.75, 3.05) is 26.2 Å². The van der Waals surface area contributed by atoms with E-state index in [9.17, 15) is 14.9 Å². The van der Waals surface area contributed by atoms with Gasteiger partial charge in [-0.1, -0.05) is 35.9 Å². The second kappa shape index (κ2) is 9.72. The number of halogens is 1. The van der Waals surface area contributed by atoms with Crippen LogP contribution in [0.2, 0.25) is 5.02 Å². The first-order valence-corrected chi connectivity index (χ1v) is 11.2. The van der Waals surface area contributed by atoms with Gasteiger partial charge < -0.3 is 4.90 Å². The highest BCUT2D eigenvalue weighted by molar-refractivity contribution is 6.30. The summed E-state index contributed by atoms with van der Waals surface area (Å²) in [6.07, 6.45) is 0. The van der Waals surface area contributed by atoms with Gasteiger partial charge in [0.05, 0.1) is 11.5 Å². The molecule has 0 aliphatic carbocycles. The molecule has 1 aliphatic heterocycles. The van der Waals surface area contributed by atoms with Gasteiger partial charge in [-0.25, -0.2) is 0 Å². The van der Waals surface area contributed by atoms with E-state index in [2.05, 4.69) is 16.1 Å². The molecule has 0 N–H and O–H groups in total. The molecule has 8 nitrogen and oxygen atoms in total. The number of aryl methyl sites for hydroxylation is 1. The summed E-state index contributed by atoms with van der Waals surface area (Å²) < 4.78 is 1.62. The Kier molecular flexibility index (Phi) is 6.76. The van der Waals surface area contributed by atoms with E-state index in [-0.39, 0.29) is 11.6 Å². The lowest BCUT2D eigenvalue weighted by Crippen LogP contribution is -2.48. The molecular formula is C24H26ClN5O3. The van der Waals surface area contributed by atoms with E-state index in [1.807, 2.05) is 47.4 Å². The minimum absolute atomic E-state index is 0.00129. The van der Waals surface area contributed by atoms with Gasteiger partial charge in [-0.05, 0) is 49.2 Å². The summed E-state index contributed by atoms with van der Waals surface area (Å²) in [5, 5.41) is 16.3. The molecule has 1 amide bonds. The van der Waals surface area contributed by atoms with Crippen molar-refractivity contribution in [1.82, 2.24) is 19.6 Å². The molecule has 1 aliphatic rings. The van der Waals surface area contributed by atoms with E-state index in [4.69, 9.17) is 11.6 Å². The fraction of sp³-hybridized carbons (Fsp3) is 0.333. The Hall–Kier alpha value is -3.23. The first-order chi connectivity index (χ1) is 15.8. The van der Waals surface area contributed by atoms with Crippen LogP contribution in [0.1, 0.15) is 32.9 Å². The van der Waals surface area contributed by atoms with Crippen LogP contribution in [0.3, 0.4) is 0 Å². The zero-order chi connectivity index (χ0) is 23.5. The zero-order valence-corrected chi connectivity index (χ0v) is 19.5. The number of hydrogen-bond donors (Lipinski definition) is 0. The maximum Gasteiger partial charge on any atom is 0.312 e. The van der Waals surface area contributed by atoms with Crippen LogP contribution in [0.25, 0.3) is 0 Å². The fourth-order valence-electron chi connectivity index (χ4n) is 4.27. The van der Waals surface area contributed by atoms with Gasteiger partial charge >= 0.3 is 5.69 Å². The summed E-state index contributed by atoms with van der Waals surface area (Å²) >= 11 is 6.08. The lowest BCUT2D eigenvalue weighted by atomic mass is 10.1. The van der Waals surface area contributed by atoms with Crippen LogP contribution in [-0.4, -0.2) is 56.6 Å². The predicted octanol–water partition coefficient (Wildman–Crippen LogP) is 4.07. The van der Waals surface area contributed by atoms with Crippen LogP contribution in [0, 0.1) is 24.0 Å². The second-order valence-electron chi connectivity index (χ2n) is 8.33. The maximum atomic E-state index is 13.1. The topological polar surface area (TPSA) is 84.5 Å². The average molecular weight is 468 g/mol. The van der Waals surface area contributed by atoms with E-state index in [0.29, 0.717) is 36.6 Å². The van der Waals surface area contributed by atoms with Gasteiger partial charge in [-0.2, -0.15) is 5.10 Å². The van der Waals surface area contributed by atoms with Gasteiger partial charge in [0.2, 0.25) is 0 Å². The molecule has 1 saturated heterocycles. The number of carbonyl (C=O) groups is 1. The number of piperazine rings is 1. The number of carbonyl (C=O) groups excluding carboxylic acids is 1. The highest BCUT2D eigenvalue weighted by atomic mass is 35.5. The third kappa shape index (κ3) is 5.23. The summed E-state index contributed by atoms with van der Waals surface area (Å²) in [6, 6.07) is 15.3. The SMILES string of the molecule is Cc1nn(Cc2cccc(C(=O)N3CCN(Cc4cccc(Cl)c4)CC3)c2)c(C)c1[N+](=O)[O-]. The quantitative estimate of drug-likeness (QED) is 0.403. The lowest BCUT2D eigenvalue weighted by molar-refractivity contribution is -0.386. The number of benzene rings is 2. The Bertz CT molecular complexity index is 1180. The van der Waals surface area contributed by atoms with Crippen LogP contribution in [0.4, 0.5) is 5.69 Å². The van der Waals surface area contributed by atoms with E-state index in [1.165, 1.54) is 5.56 Å². The first-order valence-electron chi connectivity index (χ1n) is 10.8. The number of rotatable bonds is 6. The lowest BCUT2D eigenvalue weighted by Gasteiger charge is -2.35. The third-order valence-electron chi connectivity index (χ3n) is 5.99. The fourth-order valence-corrected chi connectivity index (χ4v) is 4.48. The molecule has 0 atom stereocenters. The zero-order valence-electron chi connectivity index (χ0n) is 18.7. The van der Waals surface area contributed by atoms with Gasteiger partial charge in [-0.15, -0.1) is 0 Å². The van der Waals surface area contributed by atoms with Gasteiger partial charge in [0, 0.05) is 43.3 Å². The molecule has 0 saturated carbocycles. The Morgan fingerprint density at radius 1 is 1.03 bits per heavy atom. The molecule has 172 valence electrons. The Morgan fingerprint density at radius 3 is 2.33 bits per heavy atom. The highest BCUT2D eigenvalue weighted by Crippen LogP contribution is 2.23. The summed E-state index contributed by atoms with van der Waals surface area (Å²) in [7, 11) is 0. The molecule has 1 aromatic heterocycles. The predicted molar refractivity (Wildman–Crippen MR) is 127 cm³/mol. The van der Waals surface area contributed by atoms with Crippen molar-refractivity contribution in [3.8, 4) is 0 Å². The largest absolute Gasteiger partial charge is 0.336 e. The van der Waals surface area contributed by atoms with E-state index in [1.54, 1.807) is 18.5 Å². The smallest absolute Gasteiger partial charge is 0.312 e. The monoisotopic (exact) mass is 467 g/mol. The van der Waals surface area contributed by atoms with Crippen LogP contribution < -0.4 is 0 Å². The molecule has 0 radical (unpaired) electrons. The number of amides is 1. The van der Waals surface area contributed by atoms with Crippen molar-refractivity contribution in [3.05, 3.63) is 91.7 Å². The summed E-state index contributed by atoms with van der Waals surface area (Å²) in [6.45, 7) is 7.42. The Morgan fingerprint density at radius 2 is 1.70 bits per heavy atom. The normalized spacial score (nSPS) is 14.5. The van der Waals surface area contributed by atoms with Crippen LogP contribution >= 0.6 is 11.6 Å². The second-order valence-corrected chi connectivity index (χ2v) is 8.77. The van der Waals surface area contributed by atoms with Crippen molar-refractivity contribution in [3.63, 3.8) is 0 Å². The molecule has 2 heterocycles. The van der Waals surface area contributed by atoms with E-state index >= 15 is 0 Å². The van der Waals surface area contributed by atoms with Gasteiger partial charge in [-0.3, -0.25) is 24.5 Å². The molecule has 3 aromatic rings. The van der Waals surface area contributed by atoms with Gasteiger partial charge in [0.1, 0.15) is 11.4 Å². The van der Waals surface area contributed by atoms with E-state index in [0.717, 1.165) is 30.2 Å². The molecule has 0 bridgehead atoms. The third-order valence-corrected chi connectivity index (χ3v) is 6.22. The first kappa shape index (κ1) is 22.9. The molecule has 2 aromatic carbocycles. The minimum Gasteiger partial charge on any atom is -0.336 e. The summed E-state index contributed by atoms with van der Waals surface area (Å²) in [5.74, 6) is -0.00129. The molecule has 0 spiro atoms. The standard InChI is InChI=1S/C24H26ClN5O3/c1-17-23(30(32)33)18(2)29(26-17)16-19-5-3-7-21(13-19)24(31)28-11-9-27(10-12-28)15-20-6-4-8-22(25)14-20/h3-8,13-14H,9-12,15-16H2,1-2H3. The molecule has 9 heteroatoms. The number of nitro groups is 1. The minimum atomic E-state index is -0.403. The van der Waals surface area contributed by atoms with Crippen molar-refractivity contribution in [1.29, 1.82) is 0 Å². The van der Waals surface area contributed by atoms with Crippen molar-refractivity contribution < 1.29 is 9.72 Å². The van der Waals surface area contributed by atoms with Crippen LogP contribution in [-0.2, 0) is 13.1 Å². The number of hydrogen-bond acceptors (Lipinski definition) is 5. The Balaban J connectivity index is 1.39. The van der Waals surface area contributed by atoms with Gasteiger partial charge in [0.15, 0.2) is 0 Å². The summed E-state index contributed by atoms with van der Waals surface area (Å²) in [4.78, 5) is 28.2. The van der Waals surface area contributed by atoms with Crippen LogP contribution in [0.15, 0.2) is 48.5 Å². The number of aromatic nitrogens is 2. The molecule has 0 unspecified atom stereocenters.